The Bertz CT molecular complexity index is 548. The minimum absolute atomic E-state index is 0.0719. The Kier molecular flexibility index (Phi) is 2.82. The van der Waals surface area contributed by atoms with E-state index in [1.54, 1.807) is 0 Å². The van der Waals surface area contributed by atoms with Crippen molar-refractivity contribution in [2.75, 3.05) is 0 Å². The number of hydrogen-bond acceptors (Lipinski definition) is 3. The molecule has 7 heteroatoms. The first-order chi connectivity index (χ1) is 8.04. The molecule has 5 nitrogen and oxygen atoms in total. The molecule has 0 aliphatic rings. The van der Waals surface area contributed by atoms with E-state index in [0.29, 0.717) is 5.56 Å². The average molecular weight is 239 g/mol. The van der Waals surface area contributed by atoms with Crippen LogP contribution in [0.1, 0.15) is 5.56 Å². The Balaban J connectivity index is 2.22. The highest BCUT2D eigenvalue weighted by molar-refractivity contribution is 5.19. The van der Waals surface area contributed by atoms with Crippen molar-refractivity contribution in [2.24, 2.45) is 0 Å². The molecule has 17 heavy (non-hydrogen) atoms. The topological polar surface area (TPSA) is 61.0 Å². The monoisotopic (exact) mass is 239 g/mol. The SMILES string of the molecule is O=[N+]([O-])c1ccn(Cc2cc(F)cc(F)c2)n1. The quantitative estimate of drug-likeness (QED) is 0.608. The van der Waals surface area contributed by atoms with Gasteiger partial charge >= 0.3 is 5.82 Å². The van der Waals surface area contributed by atoms with Crippen LogP contribution in [0.15, 0.2) is 30.5 Å². The van der Waals surface area contributed by atoms with Crippen LogP contribution in [0.25, 0.3) is 0 Å². The van der Waals surface area contributed by atoms with Gasteiger partial charge in [-0.2, -0.15) is 4.68 Å². The van der Waals surface area contributed by atoms with Crippen molar-refractivity contribution >= 4 is 5.82 Å². The molecule has 1 aromatic heterocycles. The number of hydrogen-bond donors (Lipinski definition) is 0. The first-order valence-electron chi connectivity index (χ1n) is 4.67. The molecule has 0 amide bonds. The predicted molar refractivity (Wildman–Crippen MR) is 54.3 cm³/mol. The summed E-state index contributed by atoms with van der Waals surface area (Å²) in [5.74, 6) is -1.69. The highest BCUT2D eigenvalue weighted by atomic mass is 19.1. The van der Waals surface area contributed by atoms with Crippen molar-refractivity contribution in [1.29, 1.82) is 0 Å². The molecule has 0 N–H and O–H groups in total. The van der Waals surface area contributed by atoms with Gasteiger partial charge in [0, 0.05) is 6.07 Å². The normalized spacial score (nSPS) is 10.5. The van der Waals surface area contributed by atoms with E-state index in [9.17, 15) is 18.9 Å². The molecule has 1 aromatic carbocycles. The Morgan fingerprint density at radius 3 is 2.47 bits per heavy atom. The predicted octanol–water partition coefficient (Wildman–Crippen LogP) is 2.12. The molecule has 2 aromatic rings. The number of nitro groups is 1. The fourth-order valence-corrected chi connectivity index (χ4v) is 1.43. The first-order valence-corrected chi connectivity index (χ1v) is 4.67. The Morgan fingerprint density at radius 2 is 1.94 bits per heavy atom. The lowest BCUT2D eigenvalue weighted by Gasteiger charge is -1.99. The van der Waals surface area contributed by atoms with Gasteiger partial charge in [-0.1, -0.05) is 0 Å². The Morgan fingerprint density at radius 1 is 1.29 bits per heavy atom. The summed E-state index contributed by atoms with van der Waals surface area (Å²) in [4.78, 5) is 9.75. The van der Waals surface area contributed by atoms with Gasteiger partial charge in [-0.05, 0) is 22.6 Å². The summed E-state index contributed by atoms with van der Waals surface area (Å²) in [6.07, 6.45) is 1.38. The third kappa shape index (κ3) is 2.63. The van der Waals surface area contributed by atoms with Gasteiger partial charge in [-0.15, -0.1) is 0 Å². The molecule has 0 radical (unpaired) electrons. The van der Waals surface area contributed by atoms with E-state index in [2.05, 4.69) is 5.10 Å². The van der Waals surface area contributed by atoms with Crippen molar-refractivity contribution in [3.8, 4) is 0 Å². The summed E-state index contributed by atoms with van der Waals surface area (Å²) in [5, 5.41) is 14.0. The lowest BCUT2D eigenvalue weighted by Crippen LogP contribution is -2.02. The fraction of sp³-hybridized carbons (Fsp3) is 0.100. The fourth-order valence-electron chi connectivity index (χ4n) is 1.43. The van der Waals surface area contributed by atoms with E-state index in [-0.39, 0.29) is 12.4 Å². The van der Waals surface area contributed by atoms with Crippen LogP contribution in [0.4, 0.5) is 14.6 Å². The van der Waals surface area contributed by atoms with Crippen molar-refractivity contribution in [1.82, 2.24) is 9.78 Å². The van der Waals surface area contributed by atoms with Gasteiger partial charge in [0.2, 0.25) is 0 Å². The maximum Gasteiger partial charge on any atom is 0.389 e. The molecule has 0 aliphatic carbocycles. The zero-order chi connectivity index (χ0) is 12.4. The smallest absolute Gasteiger partial charge is 0.358 e. The van der Waals surface area contributed by atoms with E-state index in [1.165, 1.54) is 16.9 Å². The summed E-state index contributed by atoms with van der Waals surface area (Å²) in [5.41, 5.74) is 0.348. The highest BCUT2D eigenvalue weighted by Gasteiger charge is 2.11. The molecular weight excluding hydrogens is 232 g/mol. The molecule has 0 spiro atoms. The molecule has 0 atom stereocenters. The van der Waals surface area contributed by atoms with Crippen LogP contribution in [0, 0.1) is 21.7 Å². The molecule has 0 bridgehead atoms. The van der Waals surface area contributed by atoms with Gasteiger partial charge in [0.1, 0.15) is 11.6 Å². The zero-order valence-electron chi connectivity index (χ0n) is 8.51. The molecule has 0 saturated heterocycles. The molecule has 0 aliphatic heterocycles. The molecule has 88 valence electrons. The second kappa shape index (κ2) is 4.28. The third-order valence-corrected chi connectivity index (χ3v) is 2.08. The van der Waals surface area contributed by atoms with Gasteiger partial charge < -0.3 is 10.1 Å². The molecule has 0 unspecified atom stereocenters. The van der Waals surface area contributed by atoms with E-state index < -0.39 is 16.6 Å². The summed E-state index contributed by atoms with van der Waals surface area (Å²) in [6.45, 7) is 0.0719. The van der Waals surface area contributed by atoms with Crippen molar-refractivity contribution in [2.45, 2.75) is 6.54 Å². The summed E-state index contributed by atoms with van der Waals surface area (Å²) in [7, 11) is 0. The lowest BCUT2D eigenvalue weighted by molar-refractivity contribution is -0.389. The van der Waals surface area contributed by atoms with Crippen LogP contribution in [0.3, 0.4) is 0 Å². The van der Waals surface area contributed by atoms with Crippen LogP contribution in [0.2, 0.25) is 0 Å². The van der Waals surface area contributed by atoms with E-state index in [1.807, 2.05) is 0 Å². The minimum atomic E-state index is -0.693. The maximum absolute atomic E-state index is 12.9. The number of benzene rings is 1. The van der Waals surface area contributed by atoms with Crippen LogP contribution < -0.4 is 0 Å². The van der Waals surface area contributed by atoms with Gasteiger partial charge in [0.25, 0.3) is 0 Å². The van der Waals surface area contributed by atoms with Crippen LogP contribution in [0.5, 0.6) is 0 Å². The van der Waals surface area contributed by atoms with Gasteiger partial charge in [-0.3, -0.25) is 0 Å². The number of rotatable bonds is 3. The van der Waals surface area contributed by atoms with E-state index in [4.69, 9.17) is 0 Å². The molecule has 1 heterocycles. The van der Waals surface area contributed by atoms with Crippen LogP contribution in [-0.2, 0) is 6.54 Å². The van der Waals surface area contributed by atoms with Crippen LogP contribution >= 0.6 is 0 Å². The first kappa shape index (κ1) is 11.2. The highest BCUT2D eigenvalue weighted by Crippen LogP contribution is 2.11. The Hall–Kier alpha value is -2.31. The lowest BCUT2D eigenvalue weighted by atomic mass is 10.2. The van der Waals surface area contributed by atoms with Gasteiger partial charge in [0.05, 0.1) is 23.9 Å². The second-order valence-corrected chi connectivity index (χ2v) is 3.41. The number of aromatic nitrogens is 2. The number of nitrogens with zero attached hydrogens (tertiary/aromatic N) is 3. The molecule has 0 saturated carbocycles. The molecule has 2 rings (SSSR count). The third-order valence-electron chi connectivity index (χ3n) is 2.08. The minimum Gasteiger partial charge on any atom is -0.358 e. The second-order valence-electron chi connectivity index (χ2n) is 3.41. The summed E-state index contributed by atoms with van der Waals surface area (Å²) < 4.78 is 27.0. The maximum atomic E-state index is 12.9. The average Bonchev–Trinajstić information content (AvgIpc) is 2.64. The van der Waals surface area contributed by atoms with Gasteiger partial charge in [-0.25, -0.2) is 8.78 Å². The molecule has 0 fully saturated rings. The molecular formula is C10H7F2N3O2. The van der Waals surface area contributed by atoms with Gasteiger partial charge in [0.15, 0.2) is 0 Å². The van der Waals surface area contributed by atoms with Crippen LogP contribution in [-0.4, -0.2) is 14.7 Å². The zero-order valence-corrected chi connectivity index (χ0v) is 8.51. The largest absolute Gasteiger partial charge is 0.389 e. The standard InChI is InChI=1S/C10H7F2N3O2/c11-8-3-7(4-9(12)5-8)6-14-2-1-10(13-14)15(16)17/h1-5H,6H2. The summed E-state index contributed by atoms with van der Waals surface area (Å²) in [6, 6.07) is 4.28. The Labute approximate surface area is 94.4 Å². The van der Waals surface area contributed by atoms with E-state index >= 15 is 0 Å². The van der Waals surface area contributed by atoms with Crippen molar-refractivity contribution < 1.29 is 13.7 Å². The van der Waals surface area contributed by atoms with E-state index in [0.717, 1.165) is 18.2 Å². The number of halogens is 2. The van der Waals surface area contributed by atoms with Crippen molar-refractivity contribution in [3.63, 3.8) is 0 Å². The summed E-state index contributed by atoms with van der Waals surface area (Å²) >= 11 is 0. The van der Waals surface area contributed by atoms with Crippen molar-refractivity contribution in [3.05, 3.63) is 57.8 Å².